The lowest BCUT2D eigenvalue weighted by Crippen LogP contribution is -2.50. The van der Waals surface area contributed by atoms with Gasteiger partial charge < -0.3 is 9.47 Å². The average Bonchev–Trinajstić information content (AvgIpc) is 3.19. The number of methoxy groups -OCH3 is 2. The minimum absolute atomic E-state index is 0.0209. The molecule has 0 atom stereocenters. The molecule has 0 unspecified atom stereocenters. The lowest BCUT2D eigenvalue weighted by molar-refractivity contribution is -0.169. The molecule has 3 fully saturated rings. The summed E-state index contributed by atoms with van der Waals surface area (Å²) < 4.78 is 69.9. The van der Waals surface area contributed by atoms with E-state index in [4.69, 9.17) is 18.0 Å². The summed E-state index contributed by atoms with van der Waals surface area (Å²) in [6.45, 7) is 0. The van der Waals surface area contributed by atoms with Crippen molar-refractivity contribution < 1.29 is 54.1 Å². The highest BCUT2D eigenvalue weighted by Gasteiger charge is 2.75. The van der Waals surface area contributed by atoms with Crippen molar-refractivity contribution in [2.45, 2.75) is 9.79 Å². The first-order chi connectivity index (χ1) is 17.9. The van der Waals surface area contributed by atoms with Gasteiger partial charge in [0.1, 0.15) is 11.5 Å². The monoisotopic (exact) mass is 566 g/mol. The molecule has 0 bridgehead atoms. The predicted molar refractivity (Wildman–Crippen MR) is 120 cm³/mol. The zero-order valence-electron chi connectivity index (χ0n) is 19.5. The van der Waals surface area contributed by atoms with Gasteiger partial charge in [-0.05, 0) is 48.5 Å². The Balaban J connectivity index is 1.34. The third-order valence-corrected chi connectivity index (χ3v) is 8.92. The van der Waals surface area contributed by atoms with Gasteiger partial charge in [-0.3, -0.25) is 19.2 Å². The minimum Gasteiger partial charge on any atom is -0.497 e. The third kappa shape index (κ3) is 3.84. The summed E-state index contributed by atoms with van der Waals surface area (Å²) in [5.74, 6) is -9.61. The lowest BCUT2D eigenvalue weighted by Gasteiger charge is -2.35. The van der Waals surface area contributed by atoms with E-state index >= 15 is 0 Å². The summed E-state index contributed by atoms with van der Waals surface area (Å²) in [5.41, 5.74) is 0. The Hall–Kier alpha value is -3.86. The van der Waals surface area contributed by atoms with Crippen molar-refractivity contribution in [3.63, 3.8) is 0 Å². The molecule has 0 N–H and O–H groups in total. The second-order valence-corrected chi connectivity index (χ2v) is 11.5. The number of ether oxygens (including phenoxy) is 2. The molecule has 14 nitrogen and oxygen atoms in total. The quantitative estimate of drug-likeness (QED) is 0.387. The topological polar surface area (TPSA) is 180 Å². The van der Waals surface area contributed by atoms with E-state index in [1.807, 2.05) is 0 Å². The summed E-state index contributed by atoms with van der Waals surface area (Å²) in [4.78, 5) is 50.8. The first-order valence-electron chi connectivity index (χ1n) is 10.8. The number of fused-ring (bicyclic) bond motifs is 4. The van der Waals surface area contributed by atoms with Crippen LogP contribution in [0.2, 0.25) is 0 Å². The van der Waals surface area contributed by atoms with E-state index in [1.165, 1.54) is 38.5 Å². The van der Waals surface area contributed by atoms with Crippen LogP contribution < -0.4 is 9.47 Å². The fourth-order valence-corrected chi connectivity index (χ4v) is 6.45. The molecule has 4 amide bonds. The number of hydrogen-bond acceptors (Lipinski definition) is 12. The van der Waals surface area contributed by atoms with Crippen LogP contribution >= 0.6 is 0 Å². The van der Waals surface area contributed by atoms with Gasteiger partial charge in [0.05, 0.1) is 47.7 Å². The van der Waals surface area contributed by atoms with Gasteiger partial charge in [0, 0.05) is 0 Å². The number of carbonyl (C=O) groups is 4. The van der Waals surface area contributed by atoms with Crippen molar-refractivity contribution in [2.24, 2.45) is 23.7 Å². The maximum Gasteiger partial charge on any atom is 0.318 e. The number of imide groups is 2. The standard InChI is InChI=1S/C22H18N2O12S2/c1-33-11-3-7-13(8-4-11)37(29,30)35-23-19(25)15-16(20(23)26)18-17(15)21(27)24(22(18)28)36-38(31,32)14-9-5-12(34-2)6-10-14/h3-10,15-18H,1-2H3. The molecular weight excluding hydrogens is 548 g/mol. The van der Waals surface area contributed by atoms with Gasteiger partial charge in [0.15, 0.2) is 0 Å². The van der Waals surface area contributed by atoms with Gasteiger partial charge >= 0.3 is 20.2 Å². The van der Waals surface area contributed by atoms with Gasteiger partial charge in [-0.25, -0.2) is 0 Å². The highest BCUT2D eigenvalue weighted by atomic mass is 32.2. The van der Waals surface area contributed by atoms with Crippen LogP contribution in [0.3, 0.4) is 0 Å². The van der Waals surface area contributed by atoms with E-state index in [1.54, 1.807) is 0 Å². The molecule has 0 aromatic heterocycles. The Labute approximate surface area is 215 Å². The maximum absolute atomic E-state index is 12.9. The van der Waals surface area contributed by atoms with Crippen molar-refractivity contribution in [3.05, 3.63) is 48.5 Å². The number of amides is 4. The highest BCUT2D eigenvalue weighted by molar-refractivity contribution is 7.87. The van der Waals surface area contributed by atoms with Gasteiger partial charge in [0.2, 0.25) is 0 Å². The van der Waals surface area contributed by atoms with E-state index in [0.717, 1.165) is 24.3 Å². The fraction of sp³-hybridized carbons (Fsp3) is 0.273. The van der Waals surface area contributed by atoms with Crippen LogP contribution in [0.25, 0.3) is 0 Å². The van der Waals surface area contributed by atoms with Crippen molar-refractivity contribution in [1.29, 1.82) is 0 Å². The smallest absolute Gasteiger partial charge is 0.318 e. The number of benzene rings is 2. The van der Waals surface area contributed by atoms with Gasteiger partial charge in [-0.15, -0.1) is 18.7 Å². The lowest BCUT2D eigenvalue weighted by atomic mass is 9.59. The van der Waals surface area contributed by atoms with Gasteiger partial charge in [-0.2, -0.15) is 16.8 Å². The van der Waals surface area contributed by atoms with Crippen LogP contribution in [-0.2, 0) is 48.0 Å². The summed E-state index contributed by atoms with van der Waals surface area (Å²) in [6.07, 6.45) is 0. The number of carbonyl (C=O) groups excluding carboxylic acids is 4. The van der Waals surface area contributed by atoms with Crippen LogP contribution in [0, 0.1) is 23.7 Å². The Kier molecular flexibility index (Phi) is 6.01. The van der Waals surface area contributed by atoms with E-state index in [0.29, 0.717) is 11.5 Å². The molecule has 2 saturated heterocycles. The van der Waals surface area contributed by atoms with Crippen LogP contribution in [0.1, 0.15) is 0 Å². The zero-order valence-corrected chi connectivity index (χ0v) is 21.2. The molecular formula is C22H18N2O12S2. The normalized spacial score (nSPS) is 24.8. The van der Waals surface area contributed by atoms with Crippen molar-refractivity contribution in [1.82, 2.24) is 10.1 Å². The van der Waals surface area contributed by atoms with Crippen molar-refractivity contribution >= 4 is 43.9 Å². The molecule has 1 aliphatic carbocycles. The fourth-order valence-electron chi connectivity index (χ4n) is 4.65. The summed E-state index contributed by atoms with van der Waals surface area (Å²) in [7, 11) is -6.53. The average molecular weight is 567 g/mol. The van der Waals surface area contributed by atoms with Crippen LogP contribution in [-0.4, -0.2) is 64.8 Å². The Morgan fingerprint density at radius 1 is 0.526 bits per heavy atom. The van der Waals surface area contributed by atoms with Crippen LogP contribution in [0.15, 0.2) is 58.3 Å². The van der Waals surface area contributed by atoms with Gasteiger partial charge in [0.25, 0.3) is 23.6 Å². The Bertz CT molecular complexity index is 1400. The molecule has 0 radical (unpaired) electrons. The molecule has 0 spiro atoms. The second kappa shape index (κ2) is 8.87. The summed E-state index contributed by atoms with van der Waals surface area (Å²) >= 11 is 0. The molecule has 200 valence electrons. The maximum atomic E-state index is 12.9. The molecule has 1 saturated carbocycles. The number of hydrogen-bond donors (Lipinski definition) is 0. The SMILES string of the molecule is COc1ccc(S(=O)(=O)ON2C(=O)C3C(C2=O)C2C(=O)N(OS(=O)(=O)c4ccc(OC)cc4)C(=O)C32)cc1. The van der Waals surface area contributed by atoms with E-state index in [2.05, 4.69) is 0 Å². The number of hydroxylamine groups is 4. The first-order valence-corrected chi connectivity index (χ1v) is 13.7. The molecule has 2 heterocycles. The number of nitrogens with zero attached hydrogens (tertiary/aromatic N) is 2. The van der Waals surface area contributed by atoms with Crippen molar-refractivity contribution in [2.75, 3.05) is 14.2 Å². The predicted octanol–water partition coefficient (Wildman–Crippen LogP) is -0.139. The zero-order chi connectivity index (χ0) is 27.6. The van der Waals surface area contributed by atoms with Crippen LogP contribution in [0.4, 0.5) is 0 Å². The number of rotatable bonds is 8. The summed E-state index contributed by atoms with van der Waals surface area (Å²) in [5, 5.41) is 0.0418. The largest absolute Gasteiger partial charge is 0.497 e. The molecule has 2 aromatic rings. The van der Waals surface area contributed by atoms with E-state index in [9.17, 15) is 36.0 Å². The second-order valence-electron chi connectivity index (χ2n) is 8.45. The molecule has 3 aliphatic rings. The molecule has 5 rings (SSSR count). The van der Waals surface area contributed by atoms with E-state index in [-0.39, 0.29) is 19.9 Å². The molecule has 16 heteroatoms. The highest BCUT2D eigenvalue weighted by Crippen LogP contribution is 2.56. The summed E-state index contributed by atoms with van der Waals surface area (Å²) in [6, 6.07) is 9.83. The Morgan fingerprint density at radius 3 is 1.03 bits per heavy atom. The van der Waals surface area contributed by atoms with Crippen LogP contribution in [0.5, 0.6) is 11.5 Å². The molecule has 38 heavy (non-hydrogen) atoms. The molecule has 2 aromatic carbocycles. The third-order valence-electron chi connectivity index (χ3n) is 6.53. The molecule has 2 aliphatic heterocycles. The van der Waals surface area contributed by atoms with Crippen molar-refractivity contribution in [3.8, 4) is 11.5 Å². The Morgan fingerprint density at radius 2 is 0.789 bits per heavy atom. The van der Waals surface area contributed by atoms with Gasteiger partial charge in [-0.1, -0.05) is 0 Å². The minimum atomic E-state index is -4.64. The van der Waals surface area contributed by atoms with E-state index < -0.39 is 67.5 Å². The first kappa shape index (κ1) is 25.8.